The fourth-order valence-corrected chi connectivity index (χ4v) is 2.46. The number of benzene rings is 2. The molecule has 0 saturated carbocycles. The summed E-state index contributed by atoms with van der Waals surface area (Å²) in [6, 6.07) is 13.1. The van der Waals surface area contributed by atoms with Gasteiger partial charge in [-0.15, -0.1) is 0 Å². The van der Waals surface area contributed by atoms with Crippen LogP contribution >= 0.6 is 0 Å². The molecule has 0 spiro atoms. The van der Waals surface area contributed by atoms with E-state index in [-0.39, 0.29) is 23.7 Å². The van der Waals surface area contributed by atoms with Crippen LogP contribution in [0.2, 0.25) is 0 Å². The van der Waals surface area contributed by atoms with Crippen LogP contribution in [0.25, 0.3) is 0 Å². The molecule has 158 valence electrons. The topological polar surface area (TPSA) is 140 Å². The fourth-order valence-electron chi connectivity index (χ4n) is 2.46. The van der Waals surface area contributed by atoms with Gasteiger partial charge in [0.25, 0.3) is 11.6 Å². The lowest BCUT2D eigenvalue weighted by Gasteiger charge is -2.12. The van der Waals surface area contributed by atoms with Gasteiger partial charge in [0.15, 0.2) is 6.61 Å². The van der Waals surface area contributed by atoms with Gasteiger partial charge in [0.1, 0.15) is 0 Å². The van der Waals surface area contributed by atoms with Gasteiger partial charge in [0.2, 0.25) is 5.91 Å². The van der Waals surface area contributed by atoms with Crippen molar-refractivity contribution < 1.29 is 24.0 Å². The Morgan fingerprint density at radius 1 is 1.03 bits per heavy atom. The molecule has 0 bridgehead atoms. The zero-order valence-corrected chi connectivity index (χ0v) is 16.3. The number of likely N-dealkylation sites (N-methyl/N-ethyl adjacent to an activating group) is 1. The van der Waals surface area contributed by atoms with Crippen molar-refractivity contribution in [2.75, 3.05) is 25.0 Å². The van der Waals surface area contributed by atoms with Gasteiger partial charge in [0.05, 0.1) is 17.0 Å². The van der Waals surface area contributed by atoms with Crippen molar-refractivity contribution in [3.63, 3.8) is 0 Å². The van der Waals surface area contributed by atoms with Crippen LogP contribution in [0.5, 0.6) is 0 Å². The molecular weight excluding hydrogens is 392 g/mol. The van der Waals surface area contributed by atoms with Crippen molar-refractivity contribution in [2.24, 2.45) is 0 Å². The molecule has 0 saturated heterocycles. The lowest BCUT2D eigenvalue weighted by atomic mass is 10.1. The Kier molecular flexibility index (Phi) is 8.30. The summed E-state index contributed by atoms with van der Waals surface area (Å²) in [6.45, 7) is 1.68. The van der Waals surface area contributed by atoms with E-state index in [9.17, 15) is 24.5 Å². The van der Waals surface area contributed by atoms with Crippen LogP contribution in [-0.2, 0) is 20.9 Å². The Morgan fingerprint density at radius 2 is 1.77 bits per heavy atom. The van der Waals surface area contributed by atoms with Gasteiger partial charge in [-0.25, -0.2) is 4.79 Å². The van der Waals surface area contributed by atoms with E-state index in [0.717, 1.165) is 11.6 Å². The molecule has 0 unspecified atom stereocenters. The normalized spacial score (nSPS) is 10.0. The van der Waals surface area contributed by atoms with E-state index >= 15 is 0 Å². The molecule has 2 aromatic rings. The highest BCUT2D eigenvalue weighted by Gasteiger charge is 2.19. The zero-order valence-electron chi connectivity index (χ0n) is 16.3. The smallest absolute Gasteiger partial charge is 0.341 e. The quantitative estimate of drug-likeness (QED) is 0.305. The summed E-state index contributed by atoms with van der Waals surface area (Å²) >= 11 is 0. The first-order valence-corrected chi connectivity index (χ1v) is 9.17. The molecule has 0 atom stereocenters. The Hall–Kier alpha value is -3.95. The highest BCUT2D eigenvalue weighted by atomic mass is 16.6. The molecule has 2 rings (SSSR count). The lowest BCUT2D eigenvalue weighted by molar-refractivity contribution is -0.384. The molecule has 0 aromatic heterocycles. The number of non-ortho nitro benzene ring substituents is 1. The number of hydrogen-bond acceptors (Lipinski definition) is 7. The van der Waals surface area contributed by atoms with E-state index in [1.165, 1.54) is 12.1 Å². The number of anilines is 1. The first kappa shape index (κ1) is 22.3. The van der Waals surface area contributed by atoms with Gasteiger partial charge in [0, 0.05) is 30.9 Å². The van der Waals surface area contributed by atoms with Gasteiger partial charge in [-0.3, -0.25) is 19.7 Å². The molecule has 0 heterocycles. The highest BCUT2D eigenvalue weighted by molar-refractivity contribution is 5.97. The highest BCUT2D eigenvalue weighted by Crippen LogP contribution is 2.23. The molecule has 2 amide bonds. The Labute approximate surface area is 172 Å². The largest absolute Gasteiger partial charge is 0.452 e. The van der Waals surface area contributed by atoms with Crippen molar-refractivity contribution >= 4 is 29.2 Å². The minimum absolute atomic E-state index is 0.0725. The predicted molar refractivity (Wildman–Crippen MR) is 109 cm³/mol. The standard InChI is InChI=1S/C20H22N4O6/c1-2-21-18(25)12-23-19(26)13-30-20(27)16-10-15(24(28)29)8-9-17(16)22-11-14-6-4-3-5-7-14/h3-10,22H,2,11-13H2,1H3,(H,21,25)(H,23,26). The summed E-state index contributed by atoms with van der Waals surface area (Å²) in [4.78, 5) is 46.0. The first-order valence-electron chi connectivity index (χ1n) is 9.17. The molecule has 0 radical (unpaired) electrons. The summed E-state index contributed by atoms with van der Waals surface area (Å²) < 4.78 is 4.96. The SMILES string of the molecule is CCNC(=O)CNC(=O)COC(=O)c1cc([N+](=O)[O-])ccc1NCc1ccccc1. The van der Waals surface area contributed by atoms with Crippen molar-refractivity contribution in [1.82, 2.24) is 10.6 Å². The number of hydrogen-bond donors (Lipinski definition) is 3. The molecule has 0 aliphatic carbocycles. The van der Waals surface area contributed by atoms with E-state index < -0.39 is 23.4 Å². The Balaban J connectivity index is 2.04. The lowest BCUT2D eigenvalue weighted by Crippen LogP contribution is -2.38. The minimum Gasteiger partial charge on any atom is -0.452 e. The molecule has 10 nitrogen and oxygen atoms in total. The molecule has 0 aliphatic heterocycles. The number of nitro benzene ring substituents is 1. The second kappa shape index (κ2) is 11.1. The van der Waals surface area contributed by atoms with Gasteiger partial charge in [-0.1, -0.05) is 30.3 Å². The summed E-state index contributed by atoms with van der Waals surface area (Å²) in [5, 5.41) is 18.9. The number of esters is 1. The monoisotopic (exact) mass is 414 g/mol. The van der Waals surface area contributed by atoms with Crippen molar-refractivity contribution in [2.45, 2.75) is 13.5 Å². The average Bonchev–Trinajstić information content (AvgIpc) is 2.75. The second-order valence-corrected chi connectivity index (χ2v) is 6.13. The molecule has 0 aliphatic rings. The summed E-state index contributed by atoms with van der Waals surface area (Å²) in [7, 11) is 0. The van der Waals surface area contributed by atoms with E-state index in [1.807, 2.05) is 30.3 Å². The maximum Gasteiger partial charge on any atom is 0.341 e. The second-order valence-electron chi connectivity index (χ2n) is 6.13. The average molecular weight is 414 g/mol. The van der Waals surface area contributed by atoms with Gasteiger partial charge >= 0.3 is 5.97 Å². The molecule has 2 aromatic carbocycles. The maximum absolute atomic E-state index is 12.5. The van der Waals surface area contributed by atoms with Crippen LogP contribution < -0.4 is 16.0 Å². The van der Waals surface area contributed by atoms with E-state index in [1.54, 1.807) is 6.92 Å². The number of carbonyl (C=O) groups excluding carboxylic acids is 3. The van der Waals surface area contributed by atoms with E-state index in [0.29, 0.717) is 18.8 Å². The number of nitrogens with zero attached hydrogens (tertiary/aromatic N) is 1. The van der Waals surface area contributed by atoms with Gasteiger partial charge in [-0.05, 0) is 18.6 Å². The number of nitrogens with one attached hydrogen (secondary N) is 3. The molecule has 30 heavy (non-hydrogen) atoms. The van der Waals surface area contributed by atoms with Gasteiger partial charge in [-0.2, -0.15) is 0 Å². The summed E-state index contributed by atoms with van der Waals surface area (Å²) in [5.41, 5.74) is 0.918. The summed E-state index contributed by atoms with van der Waals surface area (Å²) in [6.07, 6.45) is 0. The van der Waals surface area contributed by atoms with Crippen LogP contribution in [-0.4, -0.2) is 42.4 Å². The Morgan fingerprint density at radius 3 is 2.43 bits per heavy atom. The number of carbonyl (C=O) groups is 3. The van der Waals surface area contributed by atoms with Crippen molar-refractivity contribution in [3.8, 4) is 0 Å². The molecule has 10 heteroatoms. The van der Waals surface area contributed by atoms with Gasteiger partial charge < -0.3 is 20.7 Å². The summed E-state index contributed by atoms with van der Waals surface area (Å²) in [5.74, 6) is -1.94. The molecule has 0 fully saturated rings. The first-order chi connectivity index (χ1) is 14.4. The van der Waals surface area contributed by atoms with Crippen LogP contribution in [0.4, 0.5) is 11.4 Å². The van der Waals surface area contributed by atoms with Crippen LogP contribution in [0.3, 0.4) is 0 Å². The van der Waals surface area contributed by atoms with Crippen LogP contribution in [0, 0.1) is 10.1 Å². The number of rotatable bonds is 10. The zero-order chi connectivity index (χ0) is 21.9. The van der Waals surface area contributed by atoms with Crippen LogP contribution in [0.15, 0.2) is 48.5 Å². The van der Waals surface area contributed by atoms with Crippen molar-refractivity contribution in [3.05, 3.63) is 69.8 Å². The van der Waals surface area contributed by atoms with E-state index in [2.05, 4.69) is 16.0 Å². The fraction of sp³-hybridized carbons (Fsp3) is 0.250. The number of ether oxygens (including phenoxy) is 1. The van der Waals surface area contributed by atoms with E-state index in [4.69, 9.17) is 4.74 Å². The minimum atomic E-state index is -0.901. The molecular formula is C20H22N4O6. The van der Waals surface area contributed by atoms with Crippen molar-refractivity contribution in [1.29, 1.82) is 0 Å². The maximum atomic E-state index is 12.5. The number of nitro groups is 1. The Bertz CT molecular complexity index is 917. The third kappa shape index (κ3) is 6.89. The predicted octanol–water partition coefficient (Wildman–Crippen LogP) is 1.62. The third-order valence-electron chi connectivity index (χ3n) is 3.91. The third-order valence-corrected chi connectivity index (χ3v) is 3.91. The number of amides is 2. The van der Waals surface area contributed by atoms with Crippen LogP contribution in [0.1, 0.15) is 22.8 Å². The molecule has 3 N–H and O–H groups in total.